The predicted molar refractivity (Wildman–Crippen MR) is 73.5 cm³/mol. The lowest BCUT2D eigenvalue weighted by Gasteiger charge is -2.32. The quantitative estimate of drug-likeness (QED) is 0.525. The molecule has 0 heteroatoms. The molecule has 0 spiro atoms. The van der Waals surface area contributed by atoms with E-state index in [0.717, 1.165) is 17.8 Å². The Kier molecular flexibility index (Phi) is 6.16. The van der Waals surface area contributed by atoms with Crippen molar-refractivity contribution in [1.82, 2.24) is 0 Å². The maximum atomic E-state index is 3.89. The summed E-state index contributed by atoms with van der Waals surface area (Å²) in [6, 6.07) is 0. The minimum absolute atomic E-state index is 0.705. The topological polar surface area (TPSA) is 0 Å². The Morgan fingerprint density at radius 3 is 2.31 bits per heavy atom. The van der Waals surface area contributed by atoms with Crippen LogP contribution < -0.4 is 0 Å². The highest BCUT2D eigenvalue weighted by molar-refractivity contribution is 4.79. The van der Waals surface area contributed by atoms with Gasteiger partial charge >= 0.3 is 0 Å². The summed E-state index contributed by atoms with van der Waals surface area (Å²) in [5, 5.41) is 0. The van der Waals surface area contributed by atoms with Gasteiger partial charge in [0.1, 0.15) is 0 Å². The Morgan fingerprint density at radius 1 is 1.19 bits per heavy atom. The van der Waals surface area contributed by atoms with Crippen LogP contribution in [0.2, 0.25) is 0 Å². The molecule has 0 aromatic carbocycles. The highest BCUT2D eigenvalue weighted by atomic mass is 14.3. The van der Waals surface area contributed by atoms with Crippen LogP contribution in [-0.2, 0) is 0 Å². The van der Waals surface area contributed by atoms with Crippen LogP contribution in [0, 0.1) is 23.7 Å². The third-order valence-electron chi connectivity index (χ3n) is 4.65. The number of rotatable bonds is 6. The summed E-state index contributed by atoms with van der Waals surface area (Å²) >= 11 is 0. The summed E-state index contributed by atoms with van der Waals surface area (Å²) in [4.78, 5) is 0. The molecule has 0 bridgehead atoms. The summed E-state index contributed by atoms with van der Waals surface area (Å²) in [5.74, 6) is 3.70. The molecule has 16 heavy (non-hydrogen) atoms. The van der Waals surface area contributed by atoms with Crippen molar-refractivity contribution >= 4 is 0 Å². The fraction of sp³-hybridized carbons (Fsp3) is 0.875. The van der Waals surface area contributed by atoms with Crippen molar-refractivity contribution in [3.8, 4) is 0 Å². The van der Waals surface area contributed by atoms with Crippen LogP contribution in [0.5, 0.6) is 0 Å². The van der Waals surface area contributed by atoms with Gasteiger partial charge in [0.2, 0.25) is 0 Å². The lowest BCUT2D eigenvalue weighted by atomic mass is 9.73. The van der Waals surface area contributed by atoms with Gasteiger partial charge in [0.05, 0.1) is 0 Å². The van der Waals surface area contributed by atoms with Crippen LogP contribution in [0.15, 0.2) is 12.7 Å². The molecule has 1 fully saturated rings. The summed E-state index contributed by atoms with van der Waals surface area (Å²) < 4.78 is 0. The van der Waals surface area contributed by atoms with Gasteiger partial charge in [-0.15, -0.1) is 6.58 Å². The summed E-state index contributed by atoms with van der Waals surface area (Å²) in [6.45, 7) is 11.0. The third-order valence-corrected chi connectivity index (χ3v) is 4.65. The van der Waals surface area contributed by atoms with E-state index in [1.165, 1.54) is 44.9 Å². The summed E-state index contributed by atoms with van der Waals surface area (Å²) in [6.07, 6.45) is 12.2. The molecule has 2 atom stereocenters. The Bertz CT molecular complexity index is 186. The van der Waals surface area contributed by atoms with Crippen molar-refractivity contribution in [3.05, 3.63) is 12.7 Å². The molecule has 0 aromatic rings. The average molecular weight is 222 g/mol. The third kappa shape index (κ3) is 4.31. The second-order valence-electron chi connectivity index (χ2n) is 5.98. The first kappa shape index (κ1) is 13.8. The number of allylic oxidation sites excluding steroid dienone is 1. The van der Waals surface area contributed by atoms with Crippen molar-refractivity contribution in [2.24, 2.45) is 23.7 Å². The monoisotopic (exact) mass is 222 g/mol. The van der Waals surface area contributed by atoms with E-state index in [-0.39, 0.29) is 0 Å². The summed E-state index contributed by atoms with van der Waals surface area (Å²) in [5.41, 5.74) is 0. The largest absolute Gasteiger partial charge is 0.103 e. The van der Waals surface area contributed by atoms with Gasteiger partial charge in [0.25, 0.3) is 0 Å². The molecular weight excluding hydrogens is 192 g/mol. The molecule has 0 amide bonds. The zero-order valence-corrected chi connectivity index (χ0v) is 11.5. The molecule has 0 N–H and O–H groups in total. The molecule has 0 aliphatic heterocycles. The molecule has 2 unspecified atom stereocenters. The van der Waals surface area contributed by atoms with E-state index < -0.39 is 0 Å². The molecule has 1 saturated carbocycles. The molecule has 1 aliphatic carbocycles. The predicted octanol–water partition coefficient (Wildman–Crippen LogP) is 5.44. The standard InChI is InChI=1S/C16H30/c1-5-13(3)7-10-15(6-2)16-11-8-14(4)9-12-16/h5,13-16H,1,6-12H2,2-4H3. The Morgan fingerprint density at radius 2 is 1.81 bits per heavy atom. The normalized spacial score (nSPS) is 29.7. The first-order valence-corrected chi connectivity index (χ1v) is 7.29. The van der Waals surface area contributed by atoms with E-state index in [1.807, 2.05) is 0 Å². The molecule has 0 radical (unpaired) electrons. The van der Waals surface area contributed by atoms with E-state index in [1.54, 1.807) is 0 Å². The van der Waals surface area contributed by atoms with Crippen molar-refractivity contribution in [3.63, 3.8) is 0 Å². The van der Waals surface area contributed by atoms with E-state index in [4.69, 9.17) is 0 Å². The molecule has 0 heterocycles. The number of hydrogen-bond donors (Lipinski definition) is 0. The second-order valence-corrected chi connectivity index (χ2v) is 5.98. The van der Waals surface area contributed by atoms with Crippen LogP contribution in [0.1, 0.15) is 65.7 Å². The van der Waals surface area contributed by atoms with Crippen LogP contribution >= 0.6 is 0 Å². The molecule has 1 aliphatic rings. The Labute approximate surface area is 103 Å². The van der Waals surface area contributed by atoms with Gasteiger partial charge in [-0.2, -0.15) is 0 Å². The molecule has 1 rings (SSSR count). The van der Waals surface area contributed by atoms with Gasteiger partial charge in [-0.05, 0) is 49.4 Å². The van der Waals surface area contributed by atoms with Gasteiger partial charge < -0.3 is 0 Å². The molecule has 0 aromatic heterocycles. The lowest BCUT2D eigenvalue weighted by Crippen LogP contribution is -2.21. The first-order valence-electron chi connectivity index (χ1n) is 7.29. The minimum atomic E-state index is 0.705. The second kappa shape index (κ2) is 7.14. The summed E-state index contributed by atoms with van der Waals surface area (Å²) in [7, 11) is 0. The van der Waals surface area contributed by atoms with Crippen LogP contribution in [0.25, 0.3) is 0 Å². The Hall–Kier alpha value is -0.260. The van der Waals surface area contributed by atoms with Crippen molar-refractivity contribution in [2.75, 3.05) is 0 Å². The SMILES string of the molecule is C=CC(C)CCC(CC)C1CCC(C)CC1. The molecule has 0 nitrogen and oxygen atoms in total. The maximum Gasteiger partial charge on any atom is -0.0265 e. The minimum Gasteiger partial charge on any atom is -0.103 e. The maximum absolute atomic E-state index is 3.89. The fourth-order valence-corrected chi connectivity index (χ4v) is 3.13. The van der Waals surface area contributed by atoms with Gasteiger partial charge in [-0.1, -0.05) is 46.1 Å². The smallest absolute Gasteiger partial charge is 0.0265 e. The van der Waals surface area contributed by atoms with Crippen molar-refractivity contribution in [1.29, 1.82) is 0 Å². The van der Waals surface area contributed by atoms with Crippen LogP contribution in [0.3, 0.4) is 0 Å². The van der Waals surface area contributed by atoms with E-state index >= 15 is 0 Å². The van der Waals surface area contributed by atoms with E-state index in [0.29, 0.717) is 5.92 Å². The van der Waals surface area contributed by atoms with E-state index in [9.17, 15) is 0 Å². The lowest BCUT2D eigenvalue weighted by molar-refractivity contribution is 0.193. The van der Waals surface area contributed by atoms with Gasteiger partial charge in [0, 0.05) is 0 Å². The van der Waals surface area contributed by atoms with Gasteiger partial charge in [-0.3, -0.25) is 0 Å². The van der Waals surface area contributed by atoms with E-state index in [2.05, 4.69) is 33.4 Å². The van der Waals surface area contributed by atoms with Gasteiger partial charge in [-0.25, -0.2) is 0 Å². The fourth-order valence-electron chi connectivity index (χ4n) is 3.13. The zero-order chi connectivity index (χ0) is 12.0. The molecular formula is C16H30. The zero-order valence-electron chi connectivity index (χ0n) is 11.5. The Balaban J connectivity index is 2.32. The van der Waals surface area contributed by atoms with Gasteiger partial charge in [0.15, 0.2) is 0 Å². The first-order chi connectivity index (χ1) is 7.67. The molecule has 0 saturated heterocycles. The number of hydrogen-bond acceptors (Lipinski definition) is 0. The van der Waals surface area contributed by atoms with Crippen LogP contribution in [-0.4, -0.2) is 0 Å². The van der Waals surface area contributed by atoms with Crippen molar-refractivity contribution < 1.29 is 0 Å². The highest BCUT2D eigenvalue weighted by Crippen LogP contribution is 2.37. The van der Waals surface area contributed by atoms with Crippen LogP contribution in [0.4, 0.5) is 0 Å². The van der Waals surface area contributed by atoms with Crippen molar-refractivity contribution in [2.45, 2.75) is 65.7 Å². The molecule has 94 valence electrons. The highest BCUT2D eigenvalue weighted by Gasteiger charge is 2.24. The average Bonchev–Trinajstić information content (AvgIpc) is 2.31.